The molecule has 0 amide bonds. The topological polar surface area (TPSA) is 405 Å². The number of anilines is 1. The van der Waals surface area contributed by atoms with Crippen molar-refractivity contribution in [3.63, 3.8) is 0 Å². The number of benzene rings is 4. The summed E-state index contributed by atoms with van der Waals surface area (Å²) in [6.45, 7) is 7.15. The van der Waals surface area contributed by atoms with Gasteiger partial charge in [0.2, 0.25) is 17.4 Å². The molecule has 0 aliphatic carbocycles. The molecule has 1 aromatic heterocycles. The molecule has 7 rings (SSSR count). The van der Waals surface area contributed by atoms with Gasteiger partial charge in [0.25, 0.3) is 50.6 Å². The predicted octanol–water partition coefficient (Wildman–Crippen LogP) is 4.23. The van der Waals surface area contributed by atoms with Crippen molar-refractivity contribution < 1.29 is 118 Å². The molecule has 7 N–H and O–H groups in total. The van der Waals surface area contributed by atoms with E-state index in [2.05, 4.69) is 0 Å². The molecule has 0 bridgehead atoms. The van der Waals surface area contributed by atoms with Crippen molar-refractivity contribution in [1.29, 1.82) is 0 Å². The van der Waals surface area contributed by atoms with Crippen molar-refractivity contribution in [2.24, 2.45) is 0 Å². The van der Waals surface area contributed by atoms with Crippen LogP contribution < -0.4 is 9.74 Å². The molecule has 0 spiro atoms. The highest BCUT2D eigenvalue weighted by molar-refractivity contribution is 7.87. The second kappa shape index (κ2) is 27.2. The van der Waals surface area contributed by atoms with Crippen LogP contribution in [-0.2, 0) is 94.6 Å². The highest BCUT2D eigenvalue weighted by Gasteiger charge is 2.48. The van der Waals surface area contributed by atoms with Crippen LogP contribution in [0.1, 0.15) is 51.2 Å². The normalized spacial score (nSPS) is 17.0. The molecule has 5 aromatic rings. The third-order valence-corrected chi connectivity index (χ3v) is 18.5. The van der Waals surface area contributed by atoms with Crippen LogP contribution >= 0.6 is 0 Å². The third-order valence-electron chi connectivity index (χ3n) is 14.3. The number of fused-ring (bicyclic) bond motifs is 6. The number of allylic oxidation sites excluding steroid dienone is 4. The van der Waals surface area contributed by atoms with Crippen LogP contribution in [0.3, 0.4) is 0 Å². The highest BCUT2D eigenvalue weighted by Crippen LogP contribution is 2.54. The molecule has 472 valence electrons. The Morgan fingerprint density at radius 2 is 1.08 bits per heavy atom. The van der Waals surface area contributed by atoms with Gasteiger partial charge in [-0.25, -0.2) is 4.79 Å². The number of nitrogens with zero attached hydrogens (tertiary/aromatic N) is 3. The molecular formula is C53H66N3O25S5+. The minimum absolute atomic E-state index is 0.0107. The minimum atomic E-state index is -5.15. The molecule has 1 atom stereocenters. The lowest BCUT2D eigenvalue weighted by atomic mass is 9.75. The number of ether oxygens (including phenoxy) is 6. The van der Waals surface area contributed by atoms with E-state index >= 15 is 0 Å². The Bertz CT molecular complexity index is 4050. The molecule has 2 aliphatic rings. The minimum Gasteiger partial charge on any atom is -0.492 e. The number of carbonyl (C=O) groups excluding carboxylic acids is 1. The molecule has 0 saturated heterocycles. The first-order valence-corrected chi connectivity index (χ1v) is 33.6. The smallest absolute Gasteiger partial charge is 0.335 e. The van der Waals surface area contributed by atoms with Crippen molar-refractivity contribution in [2.45, 2.75) is 70.4 Å². The van der Waals surface area contributed by atoms with Crippen LogP contribution in [0.4, 0.5) is 11.4 Å². The summed E-state index contributed by atoms with van der Waals surface area (Å²) in [5.74, 6) is -2.34. The van der Waals surface area contributed by atoms with Crippen LogP contribution in [0.5, 0.6) is 11.8 Å². The van der Waals surface area contributed by atoms with Crippen LogP contribution in [0.25, 0.3) is 21.5 Å². The number of methoxy groups -OCH3 is 1. The van der Waals surface area contributed by atoms with Gasteiger partial charge in [-0.15, -0.1) is 4.73 Å². The van der Waals surface area contributed by atoms with Gasteiger partial charge < -0.3 is 48.4 Å². The maximum atomic E-state index is 12.8. The number of rotatable bonds is 32. The van der Waals surface area contributed by atoms with Crippen molar-refractivity contribution in [1.82, 2.24) is 4.73 Å². The zero-order valence-electron chi connectivity index (χ0n) is 46.9. The van der Waals surface area contributed by atoms with Gasteiger partial charge in [-0.05, 0) is 92.4 Å². The van der Waals surface area contributed by atoms with E-state index in [0.717, 1.165) is 24.3 Å². The van der Waals surface area contributed by atoms with Crippen molar-refractivity contribution in [3.05, 3.63) is 95.7 Å². The van der Waals surface area contributed by atoms with Crippen LogP contribution in [-0.4, -0.2) is 195 Å². The van der Waals surface area contributed by atoms with Crippen molar-refractivity contribution in [3.8, 4) is 11.8 Å². The van der Waals surface area contributed by atoms with Gasteiger partial charge in [0.1, 0.15) is 16.4 Å². The van der Waals surface area contributed by atoms with E-state index in [0.29, 0.717) is 45.2 Å². The Hall–Kier alpha value is -5.99. The molecule has 4 aromatic carbocycles. The van der Waals surface area contributed by atoms with Gasteiger partial charge in [-0.2, -0.15) is 46.7 Å². The lowest BCUT2D eigenvalue weighted by Crippen LogP contribution is -2.31. The number of hydrogen-bond donors (Lipinski definition) is 7. The summed E-state index contributed by atoms with van der Waals surface area (Å²) >= 11 is 0. The Kier molecular flexibility index (Phi) is 21.3. The fourth-order valence-corrected chi connectivity index (χ4v) is 13.7. The van der Waals surface area contributed by atoms with E-state index in [1.165, 1.54) is 25.3 Å². The summed E-state index contributed by atoms with van der Waals surface area (Å²) in [7, 11) is -23.5. The maximum absolute atomic E-state index is 12.8. The van der Waals surface area contributed by atoms with E-state index < -0.39 is 104 Å². The number of aromatic nitrogens is 1. The molecule has 1 unspecified atom stereocenters. The first-order chi connectivity index (χ1) is 40.2. The Labute approximate surface area is 496 Å². The van der Waals surface area contributed by atoms with Gasteiger partial charge in [-0.1, -0.05) is 12.1 Å². The SMILES string of the molecule is COCCN1C(=CC=CC2=[N+](CCOCCOCCOCCOCCOCCC(=O)On3c(O)ccc3O)c3ccc4c(S(=O)(=O)O)cc(S(=O)(=O)O)cc4c3C2(C)C)C(C)(CCCS(=O)(=O)O)c2c1ccc1c(S(=O)(=O)O)cc(S(=O)(=O)O)cc21. The molecule has 0 saturated carbocycles. The average molecular weight is 1310 g/mol. The third kappa shape index (κ3) is 15.8. The van der Waals surface area contributed by atoms with E-state index in [-0.39, 0.29) is 132 Å². The lowest BCUT2D eigenvalue weighted by Gasteiger charge is -2.31. The van der Waals surface area contributed by atoms with Gasteiger partial charge in [0.05, 0.1) is 93.4 Å². The standard InChI is InChI=1S/C53H65N3O25S5/c1-52(2)45(7-5-8-46-53(3,16-6-30-82(60,61)62)51-40-32-36(84(66,67)68)34-44(86(72,73)74)38(40)10-12-42(51)55(46)17-20-75-4)54(41-11-9-37-39(50(41)52)31-35(83(63,64)65)33-43(37)85(69,70)71)18-21-77-23-25-79-27-29-80-28-26-78-24-22-76-19-15-49(59)81-56-47(57)13-14-48(56)58/h5,7-14,31-34H,6,15-30H2,1-4H3,(H6-,57,58,60,61,62,63,64,65,66,67,68,69,70,71,72,73,74)/p+1. The second-order valence-corrected chi connectivity index (χ2v) is 27.6. The van der Waals surface area contributed by atoms with Crippen LogP contribution in [0.15, 0.2) is 104 Å². The Balaban J connectivity index is 1.12. The summed E-state index contributed by atoms with van der Waals surface area (Å²) in [6, 6.07) is 11.5. The molecule has 0 radical (unpaired) electrons. The summed E-state index contributed by atoms with van der Waals surface area (Å²) in [4.78, 5) is 15.2. The van der Waals surface area contributed by atoms with Gasteiger partial charge in [0.15, 0.2) is 12.3 Å². The van der Waals surface area contributed by atoms with E-state index in [9.17, 15) is 79.9 Å². The monoisotopic (exact) mass is 1300 g/mol. The first-order valence-electron chi connectivity index (χ1n) is 26.3. The fraction of sp³-hybridized carbons (Fsp3) is 0.434. The summed E-state index contributed by atoms with van der Waals surface area (Å²) in [6.07, 6.45) is 4.59. The van der Waals surface area contributed by atoms with E-state index in [1.54, 1.807) is 50.0 Å². The van der Waals surface area contributed by atoms with Gasteiger partial charge >= 0.3 is 5.97 Å². The number of carbonyl (C=O) groups is 1. The predicted molar refractivity (Wildman–Crippen MR) is 307 cm³/mol. The second-order valence-electron chi connectivity index (χ2n) is 20.4. The maximum Gasteiger partial charge on any atom is 0.335 e. The van der Waals surface area contributed by atoms with Crippen molar-refractivity contribution in [2.75, 3.05) is 104 Å². The zero-order chi connectivity index (χ0) is 63.2. The summed E-state index contributed by atoms with van der Waals surface area (Å²) < 4.78 is 213. The first kappa shape index (κ1) is 67.5. The van der Waals surface area contributed by atoms with Gasteiger partial charge in [-0.3, -0.25) is 22.8 Å². The van der Waals surface area contributed by atoms with Crippen LogP contribution in [0, 0.1) is 0 Å². The molecule has 0 fully saturated rings. The fourth-order valence-electron chi connectivity index (χ4n) is 10.6. The summed E-state index contributed by atoms with van der Waals surface area (Å²) in [5, 5.41) is 18.9. The lowest BCUT2D eigenvalue weighted by molar-refractivity contribution is -0.442. The largest absolute Gasteiger partial charge is 0.492 e. The zero-order valence-corrected chi connectivity index (χ0v) is 51.0. The molecule has 2 aliphatic heterocycles. The van der Waals surface area contributed by atoms with E-state index in [4.69, 9.17) is 33.3 Å². The van der Waals surface area contributed by atoms with Gasteiger partial charge in [0, 0.05) is 71.1 Å². The average Bonchev–Trinajstić information content (AvgIpc) is 1.52. The number of aromatic hydroxyl groups is 2. The highest BCUT2D eigenvalue weighted by atomic mass is 32.2. The Morgan fingerprint density at radius 1 is 0.593 bits per heavy atom. The molecule has 3 heterocycles. The molecular weight excluding hydrogens is 1240 g/mol. The molecule has 86 heavy (non-hydrogen) atoms. The van der Waals surface area contributed by atoms with Crippen LogP contribution in [0.2, 0.25) is 0 Å². The molecule has 33 heteroatoms. The summed E-state index contributed by atoms with van der Waals surface area (Å²) in [5.41, 5.74) is -0.111. The Morgan fingerprint density at radius 3 is 1.57 bits per heavy atom. The van der Waals surface area contributed by atoms with E-state index in [1.807, 2.05) is 4.58 Å². The van der Waals surface area contributed by atoms with Crippen molar-refractivity contribution >= 4 is 95.2 Å². The number of hydrogen-bond acceptors (Lipinski definition) is 21. The quantitative estimate of drug-likeness (QED) is 0.0180. The molecule has 28 nitrogen and oxygen atoms in total.